The molecule has 0 aliphatic carbocycles. The standard InChI is InChI=1S/C11H20Br2O2/c12-9-7-5-3-1-2-4-6-8-10(13)11(14)15/h10H,1-9H2,(H,14,15). The number of aliphatic carboxylic acids is 1. The van der Waals surface area contributed by atoms with Crippen molar-refractivity contribution in [1.82, 2.24) is 0 Å². The average molecular weight is 344 g/mol. The lowest BCUT2D eigenvalue weighted by Gasteiger charge is -2.04. The number of carbonyl (C=O) groups is 1. The van der Waals surface area contributed by atoms with Crippen molar-refractivity contribution in [2.75, 3.05) is 5.33 Å². The molecule has 0 heterocycles. The van der Waals surface area contributed by atoms with Crippen LogP contribution in [0.4, 0.5) is 0 Å². The van der Waals surface area contributed by atoms with Crippen LogP contribution in [0.5, 0.6) is 0 Å². The zero-order chi connectivity index (χ0) is 11.5. The molecule has 0 fully saturated rings. The summed E-state index contributed by atoms with van der Waals surface area (Å²) in [6.45, 7) is 0. The van der Waals surface area contributed by atoms with E-state index in [0.29, 0.717) is 0 Å². The lowest BCUT2D eigenvalue weighted by Crippen LogP contribution is -2.11. The highest BCUT2D eigenvalue weighted by Crippen LogP contribution is 2.13. The van der Waals surface area contributed by atoms with E-state index in [2.05, 4.69) is 31.9 Å². The number of halogens is 2. The van der Waals surface area contributed by atoms with Gasteiger partial charge in [0.05, 0.1) is 0 Å². The molecule has 2 nitrogen and oxygen atoms in total. The fourth-order valence-electron chi connectivity index (χ4n) is 1.43. The van der Waals surface area contributed by atoms with E-state index in [1.165, 1.54) is 32.1 Å². The van der Waals surface area contributed by atoms with Gasteiger partial charge in [-0.05, 0) is 12.8 Å². The zero-order valence-corrected chi connectivity index (χ0v) is 12.2. The van der Waals surface area contributed by atoms with Crippen molar-refractivity contribution in [1.29, 1.82) is 0 Å². The molecule has 1 N–H and O–H groups in total. The molecule has 0 aromatic rings. The maximum absolute atomic E-state index is 10.5. The van der Waals surface area contributed by atoms with Gasteiger partial charge in [-0.2, -0.15) is 0 Å². The summed E-state index contributed by atoms with van der Waals surface area (Å²) in [5.74, 6) is -0.743. The van der Waals surface area contributed by atoms with Crippen LogP contribution in [0, 0.1) is 0 Å². The van der Waals surface area contributed by atoms with Gasteiger partial charge in [-0.15, -0.1) is 0 Å². The van der Waals surface area contributed by atoms with E-state index in [9.17, 15) is 4.79 Å². The first-order chi connectivity index (χ1) is 7.18. The van der Waals surface area contributed by atoms with Crippen molar-refractivity contribution < 1.29 is 9.90 Å². The van der Waals surface area contributed by atoms with E-state index in [1.54, 1.807) is 0 Å². The summed E-state index contributed by atoms with van der Waals surface area (Å²) in [7, 11) is 0. The van der Waals surface area contributed by atoms with E-state index >= 15 is 0 Å². The largest absolute Gasteiger partial charge is 0.480 e. The summed E-state index contributed by atoms with van der Waals surface area (Å²) in [5.41, 5.74) is 0. The highest BCUT2D eigenvalue weighted by Gasteiger charge is 2.11. The summed E-state index contributed by atoms with van der Waals surface area (Å²) in [5, 5.41) is 9.74. The number of carboxylic acid groups (broad SMARTS) is 1. The van der Waals surface area contributed by atoms with Crippen LogP contribution in [0.25, 0.3) is 0 Å². The molecule has 0 aliphatic rings. The van der Waals surface area contributed by atoms with Gasteiger partial charge in [0.25, 0.3) is 0 Å². The maximum atomic E-state index is 10.5. The zero-order valence-electron chi connectivity index (χ0n) is 9.05. The molecule has 90 valence electrons. The lowest BCUT2D eigenvalue weighted by molar-refractivity contribution is -0.136. The second-order valence-electron chi connectivity index (χ2n) is 3.76. The van der Waals surface area contributed by atoms with Gasteiger partial charge >= 0.3 is 5.97 Å². The molecule has 0 rings (SSSR count). The summed E-state index contributed by atoms with van der Waals surface area (Å²) in [4.78, 5) is 10.1. The summed E-state index contributed by atoms with van der Waals surface area (Å²) in [6.07, 6.45) is 9.32. The highest BCUT2D eigenvalue weighted by molar-refractivity contribution is 9.10. The SMILES string of the molecule is O=C(O)C(Br)CCCCCCCCCBr. The van der Waals surface area contributed by atoms with E-state index in [1.807, 2.05) is 0 Å². The van der Waals surface area contributed by atoms with Gasteiger partial charge < -0.3 is 5.11 Å². The molecule has 0 amide bonds. The molecule has 0 aromatic carbocycles. The summed E-state index contributed by atoms with van der Waals surface area (Å²) in [6, 6.07) is 0. The van der Waals surface area contributed by atoms with Crippen molar-refractivity contribution in [3.63, 3.8) is 0 Å². The Hall–Kier alpha value is 0.430. The van der Waals surface area contributed by atoms with Gasteiger partial charge in [0.1, 0.15) is 4.83 Å². The Balaban J connectivity index is 3.08. The van der Waals surface area contributed by atoms with Gasteiger partial charge in [0.2, 0.25) is 0 Å². The minimum atomic E-state index is -0.743. The molecule has 1 atom stereocenters. The Labute approximate surface area is 109 Å². The Morgan fingerprint density at radius 2 is 1.47 bits per heavy atom. The third-order valence-electron chi connectivity index (χ3n) is 2.36. The van der Waals surface area contributed by atoms with Crippen molar-refractivity contribution in [3.8, 4) is 0 Å². The average Bonchev–Trinajstić information content (AvgIpc) is 2.21. The smallest absolute Gasteiger partial charge is 0.317 e. The molecule has 15 heavy (non-hydrogen) atoms. The van der Waals surface area contributed by atoms with Gasteiger partial charge in [-0.3, -0.25) is 4.79 Å². The van der Waals surface area contributed by atoms with Gasteiger partial charge in [-0.1, -0.05) is 70.4 Å². The molecule has 0 aliphatic heterocycles. The summed E-state index contributed by atoms with van der Waals surface area (Å²) >= 11 is 6.55. The van der Waals surface area contributed by atoms with Crippen LogP contribution < -0.4 is 0 Å². The fraction of sp³-hybridized carbons (Fsp3) is 0.909. The number of rotatable bonds is 10. The van der Waals surface area contributed by atoms with Crippen molar-refractivity contribution in [2.24, 2.45) is 0 Å². The molecule has 0 saturated heterocycles. The normalized spacial score (nSPS) is 12.7. The molecule has 4 heteroatoms. The van der Waals surface area contributed by atoms with Gasteiger partial charge in [-0.25, -0.2) is 0 Å². The van der Waals surface area contributed by atoms with Gasteiger partial charge in [0.15, 0.2) is 0 Å². The monoisotopic (exact) mass is 342 g/mol. The second-order valence-corrected chi connectivity index (χ2v) is 5.66. The number of hydrogen-bond donors (Lipinski definition) is 1. The van der Waals surface area contributed by atoms with E-state index < -0.39 is 5.97 Å². The number of alkyl halides is 2. The fourth-order valence-corrected chi connectivity index (χ4v) is 2.15. The van der Waals surface area contributed by atoms with Crippen molar-refractivity contribution in [2.45, 2.75) is 56.2 Å². The predicted octanol–water partition coefficient (Wildman–Crippen LogP) is 4.35. The van der Waals surface area contributed by atoms with Crippen LogP contribution in [0.2, 0.25) is 0 Å². The van der Waals surface area contributed by atoms with Crippen LogP contribution in [0.3, 0.4) is 0 Å². The minimum Gasteiger partial charge on any atom is -0.480 e. The van der Waals surface area contributed by atoms with Crippen LogP contribution in [-0.2, 0) is 4.79 Å². The van der Waals surface area contributed by atoms with E-state index in [-0.39, 0.29) is 4.83 Å². The van der Waals surface area contributed by atoms with Crippen LogP contribution in [0.15, 0.2) is 0 Å². The number of unbranched alkanes of at least 4 members (excludes halogenated alkanes) is 6. The van der Waals surface area contributed by atoms with Crippen LogP contribution >= 0.6 is 31.9 Å². The van der Waals surface area contributed by atoms with Crippen LogP contribution in [0.1, 0.15) is 51.4 Å². The topological polar surface area (TPSA) is 37.3 Å². The Morgan fingerprint density at radius 1 is 1.00 bits per heavy atom. The Morgan fingerprint density at radius 3 is 1.93 bits per heavy atom. The van der Waals surface area contributed by atoms with Crippen molar-refractivity contribution >= 4 is 37.8 Å². The molecule has 0 saturated carbocycles. The molecule has 1 unspecified atom stereocenters. The molecule has 0 bridgehead atoms. The van der Waals surface area contributed by atoms with Gasteiger partial charge in [0, 0.05) is 5.33 Å². The third-order valence-corrected chi connectivity index (χ3v) is 3.77. The number of carboxylic acids is 1. The molecule has 0 radical (unpaired) electrons. The Bertz CT molecular complexity index is 163. The second kappa shape index (κ2) is 10.9. The number of hydrogen-bond acceptors (Lipinski definition) is 1. The first kappa shape index (κ1) is 15.4. The van der Waals surface area contributed by atoms with E-state index in [4.69, 9.17) is 5.11 Å². The minimum absolute atomic E-state index is 0.356. The lowest BCUT2D eigenvalue weighted by atomic mass is 10.1. The molecule has 0 aromatic heterocycles. The first-order valence-electron chi connectivity index (χ1n) is 5.61. The first-order valence-corrected chi connectivity index (χ1v) is 7.65. The quantitative estimate of drug-likeness (QED) is 0.473. The Kier molecular flexibility index (Phi) is 11.2. The van der Waals surface area contributed by atoms with Crippen molar-refractivity contribution in [3.05, 3.63) is 0 Å². The third kappa shape index (κ3) is 10.7. The molecular formula is C11H20Br2O2. The highest BCUT2D eigenvalue weighted by atomic mass is 79.9. The maximum Gasteiger partial charge on any atom is 0.317 e. The predicted molar refractivity (Wildman–Crippen MR) is 71.1 cm³/mol. The van der Waals surface area contributed by atoms with Crippen LogP contribution in [-0.4, -0.2) is 21.2 Å². The molecular weight excluding hydrogens is 324 g/mol. The summed E-state index contributed by atoms with van der Waals surface area (Å²) < 4.78 is 0. The van der Waals surface area contributed by atoms with E-state index in [0.717, 1.165) is 24.6 Å². The molecule has 0 spiro atoms.